The van der Waals surface area contributed by atoms with Gasteiger partial charge in [0.15, 0.2) is 0 Å². The summed E-state index contributed by atoms with van der Waals surface area (Å²) in [6, 6.07) is 17.0. The molecule has 0 amide bonds. The average Bonchev–Trinajstić information content (AvgIpc) is 3.31. The van der Waals surface area contributed by atoms with Crippen molar-refractivity contribution in [3.05, 3.63) is 66.6 Å². The maximum Gasteiger partial charge on any atom is 0.120 e. The third-order valence-corrected chi connectivity index (χ3v) is 3.98. The SMILES string of the molecule is c1ccc(CN2CC2COc2ccc3ncncc3c2)cc1. The van der Waals surface area contributed by atoms with Gasteiger partial charge in [0.1, 0.15) is 18.7 Å². The molecule has 2 aromatic carbocycles. The quantitative estimate of drug-likeness (QED) is 0.677. The van der Waals surface area contributed by atoms with Crippen LogP contribution < -0.4 is 4.74 Å². The van der Waals surface area contributed by atoms with Crippen molar-refractivity contribution in [3.63, 3.8) is 0 Å². The van der Waals surface area contributed by atoms with E-state index in [4.69, 9.17) is 4.74 Å². The normalized spacial score (nSPS) is 20.0. The third-order valence-electron chi connectivity index (χ3n) is 3.98. The second-order valence-corrected chi connectivity index (χ2v) is 5.62. The fourth-order valence-electron chi connectivity index (χ4n) is 2.64. The Balaban J connectivity index is 1.33. The Kier molecular flexibility index (Phi) is 3.45. The predicted molar refractivity (Wildman–Crippen MR) is 85.7 cm³/mol. The van der Waals surface area contributed by atoms with Gasteiger partial charge in [0, 0.05) is 24.7 Å². The molecule has 0 radical (unpaired) electrons. The average molecular weight is 291 g/mol. The van der Waals surface area contributed by atoms with Crippen molar-refractivity contribution in [2.45, 2.75) is 12.6 Å². The van der Waals surface area contributed by atoms with E-state index in [1.165, 1.54) is 5.56 Å². The van der Waals surface area contributed by atoms with Crippen molar-refractivity contribution >= 4 is 10.9 Å². The Labute approximate surface area is 129 Å². The molecule has 4 rings (SSSR count). The first kappa shape index (κ1) is 13.2. The van der Waals surface area contributed by atoms with Gasteiger partial charge in [-0.2, -0.15) is 0 Å². The molecule has 1 aliphatic rings. The highest BCUT2D eigenvalue weighted by atomic mass is 16.5. The fraction of sp³-hybridized carbons (Fsp3) is 0.222. The number of fused-ring (bicyclic) bond motifs is 1. The summed E-state index contributed by atoms with van der Waals surface area (Å²) in [4.78, 5) is 10.7. The summed E-state index contributed by atoms with van der Waals surface area (Å²) in [5, 5.41) is 1.01. The Bertz CT molecular complexity index is 775. The zero-order valence-corrected chi connectivity index (χ0v) is 12.2. The molecule has 1 aromatic heterocycles. The molecule has 4 nitrogen and oxygen atoms in total. The smallest absolute Gasteiger partial charge is 0.120 e. The van der Waals surface area contributed by atoms with Crippen LogP contribution in [0.15, 0.2) is 61.1 Å². The standard InChI is InChI=1S/C18H17N3O/c1-2-4-14(5-3-1)10-21-11-16(21)12-22-17-6-7-18-15(8-17)9-19-13-20-18/h1-9,13,16H,10-12H2. The lowest BCUT2D eigenvalue weighted by atomic mass is 10.2. The molecule has 2 unspecified atom stereocenters. The lowest BCUT2D eigenvalue weighted by molar-refractivity contribution is 0.293. The summed E-state index contributed by atoms with van der Waals surface area (Å²) in [5.74, 6) is 0.883. The highest BCUT2D eigenvalue weighted by molar-refractivity contribution is 5.78. The number of hydrogen-bond donors (Lipinski definition) is 0. The van der Waals surface area contributed by atoms with Crippen molar-refractivity contribution in [2.75, 3.05) is 13.2 Å². The van der Waals surface area contributed by atoms with Gasteiger partial charge in [0.25, 0.3) is 0 Å². The zero-order valence-electron chi connectivity index (χ0n) is 12.2. The highest BCUT2D eigenvalue weighted by Crippen LogP contribution is 2.23. The first-order valence-electron chi connectivity index (χ1n) is 7.49. The summed E-state index contributed by atoms with van der Waals surface area (Å²) in [6.45, 7) is 2.83. The van der Waals surface area contributed by atoms with Gasteiger partial charge in [-0.3, -0.25) is 4.90 Å². The van der Waals surface area contributed by atoms with Crippen molar-refractivity contribution in [1.82, 2.24) is 14.9 Å². The first-order valence-corrected chi connectivity index (χ1v) is 7.49. The Morgan fingerprint density at radius 2 is 2.05 bits per heavy atom. The molecular formula is C18H17N3O. The van der Waals surface area contributed by atoms with E-state index in [1.54, 1.807) is 6.33 Å². The Hall–Kier alpha value is -2.46. The molecule has 0 N–H and O–H groups in total. The van der Waals surface area contributed by atoms with Crippen molar-refractivity contribution in [1.29, 1.82) is 0 Å². The van der Waals surface area contributed by atoms with Crippen LogP contribution in [0.5, 0.6) is 5.75 Å². The molecule has 0 aliphatic carbocycles. The minimum absolute atomic E-state index is 0.517. The van der Waals surface area contributed by atoms with Crippen LogP contribution in [0.2, 0.25) is 0 Å². The van der Waals surface area contributed by atoms with Crippen LogP contribution in [0.4, 0.5) is 0 Å². The molecule has 1 fully saturated rings. The van der Waals surface area contributed by atoms with Crippen molar-refractivity contribution < 1.29 is 4.74 Å². The minimum atomic E-state index is 0.517. The second-order valence-electron chi connectivity index (χ2n) is 5.62. The first-order chi connectivity index (χ1) is 10.9. The molecule has 2 atom stereocenters. The Morgan fingerprint density at radius 1 is 1.14 bits per heavy atom. The van der Waals surface area contributed by atoms with Crippen LogP contribution in [0.3, 0.4) is 0 Å². The van der Waals surface area contributed by atoms with Gasteiger partial charge in [-0.05, 0) is 23.8 Å². The van der Waals surface area contributed by atoms with Gasteiger partial charge in [0.2, 0.25) is 0 Å². The van der Waals surface area contributed by atoms with Gasteiger partial charge in [0.05, 0.1) is 11.6 Å². The van der Waals surface area contributed by atoms with Crippen molar-refractivity contribution in [3.8, 4) is 5.75 Å². The maximum atomic E-state index is 5.91. The van der Waals surface area contributed by atoms with E-state index >= 15 is 0 Å². The van der Waals surface area contributed by atoms with Crippen molar-refractivity contribution in [2.24, 2.45) is 0 Å². The number of hydrogen-bond acceptors (Lipinski definition) is 4. The number of benzene rings is 2. The predicted octanol–water partition coefficient (Wildman–Crippen LogP) is 2.89. The minimum Gasteiger partial charge on any atom is -0.492 e. The van der Waals surface area contributed by atoms with Crippen LogP contribution in [-0.2, 0) is 6.54 Å². The van der Waals surface area contributed by atoms with Crippen LogP contribution >= 0.6 is 0 Å². The van der Waals surface area contributed by atoms with E-state index in [1.807, 2.05) is 24.4 Å². The second kappa shape index (κ2) is 5.73. The Morgan fingerprint density at radius 3 is 2.95 bits per heavy atom. The van der Waals surface area contributed by atoms with E-state index in [2.05, 4.69) is 45.2 Å². The van der Waals surface area contributed by atoms with E-state index < -0.39 is 0 Å². The highest BCUT2D eigenvalue weighted by Gasteiger charge is 2.34. The van der Waals surface area contributed by atoms with E-state index in [0.29, 0.717) is 6.04 Å². The van der Waals surface area contributed by atoms with Crippen LogP contribution in [-0.4, -0.2) is 34.1 Å². The van der Waals surface area contributed by atoms with E-state index in [9.17, 15) is 0 Å². The van der Waals surface area contributed by atoms with E-state index in [0.717, 1.165) is 36.3 Å². The summed E-state index contributed by atoms with van der Waals surface area (Å²) in [5.41, 5.74) is 2.30. The number of rotatable bonds is 5. The lowest BCUT2D eigenvalue weighted by Crippen LogP contribution is -2.10. The molecule has 110 valence electrons. The molecule has 22 heavy (non-hydrogen) atoms. The topological polar surface area (TPSA) is 38.0 Å². The van der Waals surface area contributed by atoms with Crippen LogP contribution in [0.25, 0.3) is 10.9 Å². The molecule has 3 aromatic rings. The molecule has 1 saturated heterocycles. The summed E-state index contributed by atoms with van der Waals surface area (Å²) in [6.07, 6.45) is 3.38. The van der Waals surface area contributed by atoms with Crippen LogP contribution in [0, 0.1) is 0 Å². The molecule has 0 bridgehead atoms. The number of ether oxygens (including phenoxy) is 1. The molecule has 0 saturated carbocycles. The molecule has 0 spiro atoms. The monoisotopic (exact) mass is 291 g/mol. The van der Waals surface area contributed by atoms with Gasteiger partial charge < -0.3 is 4.74 Å². The van der Waals surface area contributed by atoms with Crippen LogP contribution in [0.1, 0.15) is 5.56 Å². The third kappa shape index (κ3) is 2.92. The maximum absolute atomic E-state index is 5.91. The number of nitrogens with zero attached hydrogens (tertiary/aromatic N) is 3. The summed E-state index contributed by atoms with van der Waals surface area (Å²) < 4.78 is 5.91. The van der Waals surface area contributed by atoms with Gasteiger partial charge in [-0.25, -0.2) is 9.97 Å². The molecule has 4 heteroatoms. The largest absolute Gasteiger partial charge is 0.492 e. The van der Waals surface area contributed by atoms with Gasteiger partial charge in [-0.15, -0.1) is 0 Å². The molecular weight excluding hydrogens is 274 g/mol. The van der Waals surface area contributed by atoms with E-state index in [-0.39, 0.29) is 0 Å². The zero-order chi connectivity index (χ0) is 14.8. The fourth-order valence-corrected chi connectivity index (χ4v) is 2.64. The summed E-state index contributed by atoms with van der Waals surface area (Å²) in [7, 11) is 0. The number of aromatic nitrogens is 2. The van der Waals surface area contributed by atoms with Gasteiger partial charge in [-0.1, -0.05) is 30.3 Å². The summed E-state index contributed by atoms with van der Waals surface area (Å²) >= 11 is 0. The van der Waals surface area contributed by atoms with Gasteiger partial charge >= 0.3 is 0 Å². The molecule has 2 heterocycles. The molecule has 1 aliphatic heterocycles. The lowest BCUT2D eigenvalue weighted by Gasteiger charge is -2.07.